The maximum atomic E-state index is 9.28. The summed E-state index contributed by atoms with van der Waals surface area (Å²) >= 11 is 0. The molecule has 1 saturated heterocycles. The minimum absolute atomic E-state index is 0.0441. The minimum Gasteiger partial charge on any atom is -0.392 e. The molecule has 2 nitrogen and oxygen atoms in total. The second-order valence-electron chi connectivity index (χ2n) is 4.49. The number of aliphatic hydroxyl groups excluding tert-OH is 1. The van der Waals surface area contributed by atoms with Crippen molar-refractivity contribution in [1.29, 1.82) is 0 Å². The minimum atomic E-state index is -0.0441. The van der Waals surface area contributed by atoms with Crippen LogP contribution in [0, 0.1) is 5.41 Å². The van der Waals surface area contributed by atoms with Crippen LogP contribution < -0.4 is 0 Å². The molecule has 11 heavy (non-hydrogen) atoms. The van der Waals surface area contributed by atoms with Crippen molar-refractivity contribution >= 4 is 0 Å². The van der Waals surface area contributed by atoms with Crippen molar-refractivity contribution in [2.45, 2.75) is 32.3 Å². The third kappa shape index (κ3) is 1.74. The predicted octanol–water partition coefficient (Wildman–Crippen LogP) is 0.853. The molecule has 2 rings (SSSR count). The van der Waals surface area contributed by atoms with Crippen LogP contribution in [0.3, 0.4) is 0 Å². The quantitative estimate of drug-likeness (QED) is 0.639. The van der Waals surface area contributed by atoms with E-state index in [1.807, 2.05) is 0 Å². The Morgan fingerprint density at radius 1 is 1.55 bits per heavy atom. The molecular weight excluding hydrogens is 138 g/mol. The van der Waals surface area contributed by atoms with E-state index in [0.29, 0.717) is 5.41 Å². The van der Waals surface area contributed by atoms with Crippen molar-refractivity contribution in [3.05, 3.63) is 0 Å². The molecule has 1 saturated carbocycles. The highest BCUT2D eigenvalue weighted by molar-refractivity contribution is 4.92. The van der Waals surface area contributed by atoms with E-state index in [1.54, 1.807) is 0 Å². The van der Waals surface area contributed by atoms with Gasteiger partial charge in [0.1, 0.15) is 0 Å². The number of likely N-dealkylation sites (tertiary alicyclic amines) is 1. The summed E-state index contributed by atoms with van der Waals surface area (Å²) in [5.41, 5.74) is 0.615. The van der Waals surface area contributed by atoms with Crippen LogP contribution in [0.15, 0.2) is 0 Å². The summed E-state index contributed by atoms with van der Waals surface area (Å²) in [7, 11) is 0. The highest BCUT2D eigenvalue weighted by atomic mass is 16.3. The summed E-state index contributed by atoms with van der Waals surface area (Å²) in [5.74, 6) is 0. The van der Waals surface area contributed by atoms with Crippen LogP contribution in [0.25, 0.3) is 0 Å². The molecule has 0 radical (unpaired) electrons. The lowest BCUT2D eigenvalue weighted by molar-refractivity contribution is 0.169. The van der Waals surface area contributed by atoms with Crippen LogP contribution in [0.4, 0.5) is 0 Å². The summed E-state index contributed by atoms with van der Waals surface area (Å²) in [6, 6.07) is 0. The van der Waals surface area contributed by atoms with Gasteiger partial charge in [0.15, 0.2) is 0 Å². The fourth-order valence-corrected chi connectivity index (χ4v) is 1.87. The van der Waals surface area contributed by atoms with E-state index in [4.69, 9.17) is 0 Å². The lowest BCUT2D eigenvalue weighted by Gasteiger charge is -2.19. The van der Waals surface area contributed by atoms with E-state index in [2.05, 4.69) is 11.8 Å². The van der Waals surface area contributed by atoms with E-state index >= 15 is 0 Å². The number of β-amino-alcohol motifs (C(OH)–C–C–N with tert-alkyl or cyclic N) is 1. The van der Waals surface area contributed by atoms with E-state index in [0.717, 1.165) is 19.5 Å². The molecule has 2 aliphatic rings. The van der Waals surface area contributed by atoms with Gasteiger partial charge in [-0.3, -0.25) is 0 Å². The van der Waals surface area contributed by atoms with Crippen LogP contribution in [0.2, 0.25) is 0 Å². The summed E-state index contributed by atoms with van der Waals surface area (Å²) in [6.45, 7) is 5.58. The van der Waals surface area contributed by atoms with E-state index in [1.165, 1.54) is 19.4 Å². The van der Waals surface area contributed by atoms with E-state index in [-0.39, 0.29) is 6.10 Å². The highest BCUT2D eigenvalue weighted by Crippen LogP contribution is 2.45. The maximum absolute atomic E-state index is 9.28. The SMILES string of the molecule is CC1(CN2CC[C@@H](O)C2)CC1. The van der Waals surface area contributed by atoms with E-state index < -0.39 is 0 Å². The van der Waals surface area contributed by atoms with Gasteiger partial charge in [0.2, 0.25) is 0 Å². The fourth-order valence-electron chi connectivity index (χ4n) is 1.87. The zero-order valence-corrected chi connectivity index (χ0v) is 7.21. The second kappa shape index (κ2) is 2.46. The smallest absolute Gasteiger partial charge is 0.0679 e. The number of nitrogens with zero attached hydrogens (tertiary/aromatic N) is 1. The highest BCUT2D eigenvalue weighted by Gasteiger charge is 2.39. The van der Waals surface area contributed by atoms with Gasteiger partial charge in [-0.15, -0.1) is 0 Å². The van der Waals surface area contributed by atoms with Gasteiger partial charge in [0.25, 0.3) is 0 Å². The molecule has 64 valence electrons. The van der Waals surface area contributed by atoms with Crippen molar-refractivity contribution in [1.82, 2.24) is 4.90 Å². The van der Waals surface area contributed by atoms with Gasteiger partial charge in [-0.1, -0.05) is 6.92 Å². The zero-order chi connectivity index (χ0) is 7.90. The first-order valence-corrected chi connectivity index (χ1v) is 4.58. The van der Waals surface area contributed by atoms with Crippen molar-refractivity contribution in [3.8, 4) is 0 Å². The van der Waals surface area contributed by atoms with Gasteiger partial charge in [0, 0.05) is 19.6 Å². The van der Waals surface area contributed by atoms with Crippen molar-refractivity contribution in [2.24, 2.45) is 5.41 Å². The van der Waals surface area contributed by atoms with Crippen molar-refractivity contribution in [2.75, 3.05) is 19.6 Å². The fraction of sp³-hybridized carbons (Fsp3) is 1.00. The molecule has 0 aromatic heterocycles. The molecule has 2 heteroatoms. The van der Waals surface area contributed by atoms with E-state index in [9.17, 15) is 5.11 Å². The number of hydrogen-bond acceptors (Lipinski definition) is 2. The molecule has 0 aromatic carbocycles. The number of rotatable bonds is 2. The normalized spacial score (nSPS) is 36.0. The molecule has 0 bridgehead atoms. The molecular formula is C9H17NO. The lowest BCUT2D eigenvalue weighted by atomic mass is 10.1. The molecule has 1 atom stereocenters. The molecule has 0 unspecified atom stereocenters. The van der Waals surface area contributed by atoms with Crippen molar-refractivity contribution in [3.63, 3.8) is 0 Å². The first-order chi connectivity index (χ1) is 5.18. The lowest BCUT2D eigenvalue weighted by Crippen LogP contribution is -2.27. The molecule has 0 aromatic rings. The van der Waals surface area contributed by atoms with Crippen LogP contribution >= 0.6 is 0 Å². The second-order valence-corrected chi connectivity index (χ2v) is 4.49. The Hall–Kier alpha value is -0.0800. The summed E-state index contributed by atoms with van der Waals surface area (Å²) in [4.78, 5) is 2.40. The summed E-state index contributed by atoms with van der Waals surface area (Å²) in [5, 5.41) is 9.28. The molecule has 0 amide bonds. The van der Waals surface area contributed by atoms with Gasteiger partial charge >= 0.3 is 0 Å². The van der Waals surface area contributed by atoms with Crippen LogP contribution in [0.1, 0.15) is 26.2 Å². The third-order valence-corrected chi connectivity index (χ3v) is 2.96. The Morgan fingerprint density at radius 3 is 2.73 bits per heavy atom. The molecule has 1 heterocycles. The Kier molecular flexibility index (Phi) is 1.69. The summed E-state index contributed by atoms with van der Waals surface area (Å²) < 4.78 is 0. The Balaban J connectivity index is 1.79. The van der Waals surface area contributed by atoms with Crippen LogP contribution in [0.5, 0.6) is 0 Å². The number of aliphatic hydroxyl groups is 1. The van der Waals surface area contributed by atoms with Gasteiger partial charge in [-0.05, 0) is 24.7 Å². The van der Waals surface area contributed by atoms with Gasteiger partial charge in [-0.25, -0.2) is 0 Å². The average Bonchev–Trinajstić information content (AvgIpc) is 2.49. The maximum Gasteiger partial charge on any atom is 0.0679 e. The third-order valence-electron chi connectivity index (χ3n) is 2.96. The molecule has 2 fully saturated rings. The van der Waals surface area contributed by atoms with Crippen molar-refractivity contribution < 1.29 is 5.11 Å². The first-order valence-electron chi connectivity index (χ1n) is 4.58. The average molecular weight is 155 g/mol. The van der Waals surface area contributed by atoms with Gasteiger partial charge in [0.05, 0.1) is 6.10 Å². The van der Waals surface area contributed by atoms with Crippen LogP contribution in [-0.4, -0.2) is 35.7 Å². The standard InChI is InChI=1S/C9H17NO/c1-9(3-4-9)7-10-5-2-8(11)6-10/h8,11H,2-7H2,1H3/t8-/m1/s1. The first kappa shape index (κ1) is 7.56. The zero-order valence-electron chi connectivity index (χ0n) is 7.21. The molecule has 0 spiro atoms. The number of hydrogen-bond donors (Lipinski definition) is 1. The molecule has 1 N–H and O–H groups in total. The Bertz CT molecular complexity index is 154. The largest absolute Gasteiger partial charge is 0.392 e. The van der Waals surface area contributed by atoms with Gasteiger partial charge in [-0.2, -0.15) is 0 Å². The molecule has 1 aliphatic heterocycles. The van der Waals surface area contributed by atoms with Gasteiger partial charge < -0.3 is 10.0 Å². The Labute approximate surface area is 68.2 Å². The topological polar surface area (TPSA) is 23.5 Å². The molecule has 1 aliphatic carbocycles. The predicted molar refractivity (Wildman–Crippen MR) is 44.4 cm³/mol. The summed E-state index contributed by atoms with van der Waals surface area (Å²) in [6.07, 6.45) is 3.72. The monoisotopic (exact) mass is 155 g/mol. The Morgan fingerprint density at radius 2 is 2.27 bits per heavy atom. The van der Waals surface area contributed by atoms with Crippen LogP contribution in [-0.2, 0) is 0 Å².